The van der Waals surface area contributed by atoms with Crippen molar-refractivity contribution >= 4 is 5.97 Å². The second-order valence-corrected chi connectivity index (χ2v) is 8.03. The Morgan fingerprint density at radius 3 is 1.36 bits per heavy atom. The maximum atomic E-state index is 11.9. The van der Waals surface area contributed by atoms with Crippen LogP contribution in [0.5, 0.6) is 0 Å². The van der Waals surface area contributed by atoms with Crippen LogP contribution in [0.15, 0.2) is 0 Å². The first-order valence-corrected chi connectivity index (χ1v) is 11.3. The fraction of sp³-hybridized carbons (Fsp3) is 0.957. The molecule has 0 unspecified atom stereocenters. The molecule has 0 aromatic carbocycles. The number of hydrogen-bond acceptors (Lipinski definition) is 2. The first-order valence-electron chi connectivity index (χ1n) is 11.3. The van der Waals surface area contributed by atoms with Crippen molar-refractivity contribution in [3.63, 3.8) is 0 Å². The molecule has 0 aliphatic carbocycles. The second kappa shape index (κ2) is 18.3. The van der Waals surface area contributed by atoms with Crippen LogP contribution in [0.1, 0.15) is 130 Å². The van der Waals surface area contributed by atoms with E-state index in [-0.39, 0.29) is 18.0 Å². The van der Waals surface area contributed by atoms with Crippen LogP contribution >= 0.6 is 0 Å². The Kier molecular flexibility index (Phi) is 17.9. The zero-order chi connectivity index (χ0) is 18.8. The molecule has 0 aromatic rings. The summed E-state index contributed by atoms with van der Waals surface area (Å²) < 4.78 is 5.76. The molecule has 2 nitrogen and oxygen atoms in total. The maximum Gasteiger partial charge on any atom is 0.308 e. The van der Waals surface area contributed by atoms with Crippen molar-refractivity contribution in [2.45, 2.75) is 137 Å². The predicted octanol–water partition coefficient (Wildman–Crippen LogP) is 7.84. The van der Waals surface area contributed by atoms with E-state index in [1.165, 1.54) is 89.9 Å². The van der Waals surface area contributed by atoms with Gasteiger partial charge in [0.1, 0.15) is 6.10 Å². The van der Waals surface area contributed by atoms with E-state index in [1.807, 2.05) is 13.8 Å². The summed E-state index contributed by atoms with van der Waals surface area (Å²) in [6, 6.07) is 0. The average molecular weight is 355 g/mol. The number of carbonyl (C=O) groups is 1. The molecule has 150 valence electrons. The van der Waals surface area contributed by atoms with Crippen LogP contribution in [-0.2, 0) is 9.53 Å². The lowest BCUT2D eigenvalue weighted by Crippen LogP contribution is -2.21. The third-order valence-electron chi connectivity index (χ3n) is 5.01. The van der Waals surface area contributed by atoms with E-state index in [2.05, 4.69) is 13.8 Å². The zero-order valence-electron chi connectivity index (χ0n) is 17.8. The fourth-order valence-electron chi connectivity index (χ4n) is 3.22. The lowest BCUT2D eigenvalue weighted by atomic mass is 10.0. The minimum Gasteiger partial charge on any atom is -0.462 e. The number of carbonyl (C=O) groups excluding carboxylic acids is 1. The Balaban J connectivity index is 3.88. The number of esters is 1. The van der Waals surface area contributed by atoms with Crippen molar-refractivity contribution in [2.75, 3.05) is 0 Å². The molecular weight excluding hydrogens is 308 g/mol. The lowest BCUT2D eigenvalue weighted by Gasteiger charge is -2.19. The average Bonchev–Trinajstić information content (AvgIpc) is 2.59. The van der Waals surface area contributed by atoms with E-state index in [4.69, 9.17) is 4.74 Å². The van der Waals surface area contributed by atoms with Gasteiger partial charge in [-0.15, -0.1) is 0 Å². The molecule has 0 N–H and O–H groups in total. The smallest absolute Gasteiger partial charge is 0.308 e. The molecule has 25 heavy (non-hydrogen) atoms. The molecule has 0 aliphatic heterocycles. The quantitative estimate of drug-likeness (QED) is 0.185. The van der Waals surface area contributed by atoms with Crippen molar-refractivity contribution in [2.24, 2.45) is 5.92 Å². The van der Waals surface area contributed by atoms with Gasteiger partial charge < -0.3 is 4.74 Å². The molecule has 0 spiro atoms. The van der Waals surface area contributed by atoms with Crippen LogP contribution in [0.2, 0.25) is 0 Å². The van der Waals surface area contributed by atoms with Gasteiger partial charge in [-0.1, -0.05) is 105 Å². The summed E-state index contributed by atoms with van der Waals surface area (Å²) in [7, 11) is 0. The zero-order valence-corrected chi connectivity index (χ0v) is 17.8. The van der Waals surface area contributed by atoms with E-state index in [0.717, 1.165) is 12.8 Å². The predicted molar refractivity (Wildman–Crippen MR) is 110 cm³/mol. The molecule has 0 aromatic heterocycles. The van der Waals surface area contributed by atoms with Crippen LogP contribution in [0.4, 0.5) is 0 Å². The highest BCUT2D eigenvalue weighted by molar-refractivity contribution is 5.71. The van der Waals surface area contributed by atoms with E-state index in [1.54, 1.807) is 0 Å². The van der Waals surface area contributed by atoms with Gasteiger partial charge in [-0.3, -0.25) is 4.79 Å². The van der Waals surface area contributed by atoms with Gasteiger partial charge in [0.2, 0.25) is 0 Å². The summed E-state index contributed by atoms with van der Waals surface area (Å²) >= 11 is 0. The highest BCUT2D eigenvalue weighted by Crippen LogP contribution is 2.18. The Morgan fingerprint density at radius 2 is 1.00 bits per heavy atom. The molecule has 0 radical (unpaired) electrons. The van der Waals surface area contributed by atoms with E-state index in [9.17, 15) is 4.79 Å². The standard InChI is InChI=1S/C23H46O2/c1-5-7-9-11-13-15-17-19-22(25-23(24)21(3)4)20-18-16-14-12-10-8-6-2/h21-22H,5-20H2,1-4H3. The Labute approximate surface area is 158 Å². The Morgan fingerprint density at radius 1 is 0.640 bits per heavy atom. The third-order valence-corrected chi connectivity index (χ3v) is 5.01. The van der Waals surface area contributed by atoms with Crippen LogP contribution in [-0.4, -0.2) is 12.1 Å². The molecule has 0 amide bonds. The minimum atomic E-state index is -0.0177. The number of hydrogen-bond donors (Lipinski definition) is 0. The van der Waals surface area contributed by atoms with E-state index < -0.39 is 0 Å². The van der Waals surface area contributed by atoms with Gasteiger partial charge in [-0.25, -0.2) is 0 Å². The number of ether oxygens (including phenoxy) is 1. The van der Waals surface area contributed by atoms with Gasteiger partial charge in [0.25, 0.3) is 0 Å². The van der Waals surface area contributed by atoms with Gasteiger partial charge in [-0.2, -0.15) is 0 Å². The molecule has 0 atom stereocenters. The molecule has 0 bridgehead atoms. The highest BCUT2D eigenvalue weighted by atomic mass is 16.5. The first-order chi connectivity index (χ1) is 12.1. The molecule has 0 saturated carbocycles. The van der Waals surface area contributed by atoms with Gasteiger partial charge in [-0.05, 0) is 25.7 Å². The van der Waals surface area contributed by atoms with Crippen molar-refractivity contribution in [3.05, 3.63) is 0 Å². The second-order valence-electron chi connectivity index (χ2n) is 8.03. The summed E-state index contributed by atoms with van der Waals surface area (Å²) in [5.41, 5.74) is 0. The molecule has 0 fully saturated rings. The van der Waals surface area contributed by atoms with Crippen molar-refractivity contribution < 1.29 is 9.53 Å². The third kappa shape index (κ3) is 16.7. The Bertz CT molecular complexity index is 268. The molecule has 2 heteroatoms. The normalized spacial score (nSPS) is 11.4. The van der Waals surface area contributed by atoms with Gasteiger partial charge in [0.05, 0.1) is 5.92 Å². The van der Waals surface area contributed by atoms with Crippen molar-refractivity contribution in [1.29, 1.82) is 0 Å². The summed E-state index contributed by atoms with van der Waals surface area (Å²) in [5.74, 6) is -0.0264. The Hall–Kier alpha value is -0.530. The summed E-state index contributed by atoms with van der Waals surface area (Å²) in [4.78, 5) is 11.9. The summed E-state index contributed by atoms with van der Waals surface area (Å²) in [6.07, 6.45) is 20.8. The molecule has 0 heterocycles. The molecule has 0 aliphatic rings. The molecular formula is C23H46O2. The minimum absolute atomic E-state index is 0.00872. The van der Waals surface area contributed by atoms with Crippen LogP contribution in [0.25, 0.3) is 0 Å². The van der Waals surface area contributed by atoms with Gasteiger partial charge in [0, 0.05) is 0 Å². The summed E-state index contributed by atoms with van der Waals surface area (Å²) in [6.45, 7) is 8.39. The van der Waals surface area contributed by atoms with Crippen LogP contribution in [0.3, 0.4) is 0 Å². The van der Waals surface area contributed by atoms with Crippen molar-refractivity contribution in [3.8, 4) is 0 Å². The number of unbranched alkanes of at least 4 members (excludes halogenated alkanes) is 12. The van der Waals surface area contributed by atoms with Crippen molar-refractivity contribution in [1.82, 2.24) is 0 Å². The maximum absolute atomic E-state index is 11.9. The monoisotopic (exact) mass is 354 g/mol. The largest absolute Gasteiger partial charge is 0.462 e. The van der Waals surface area contributed by atoms with E-state index in [0.29, 0.717) is 0 Å². The van der Waals surface area contributed by atoms with Gasteiger partial charge >= 0.3 is 5.97 Å². The number of rotatable bonds is 18. The first kappa shape index (κ1) is 24.5. The lowest BCUT2D eigenvalue weighted by molar-refractivity contribution is -0.153. The van der Waals surface area contributed by atoms with Gasteiger partial charge in [0.15, 0.2) is 0 Å². The topological polar surface area (TPSA) is 26.3 Å². The SMILES string of the molecule is CCCCCCCCCC(CCCCCCCCC)OC(=O)C(C)C. The molecule has 0 rings (SSSR count). The molecule has 0 saturated heterocycles. The fourth-order valence-corrected chi connectivity index (χ4v) is 3.22. The summed E-state index contributed by atoms with van der Waals surface area (Å²) in [5, 5.41) is 0. The highest BCUT2D eigenvalue weighted by Gasteiger charge is 2.16. The van der Waals surface area contributed by atoms with Crippen LogP contribution in [0, 0.1) is 5.92 Å². The van der Waals surface area contributed by atoms with Crippen LogP contribution < -0.4 is 0 Å². The van der Waals surface area contributed by atoms with E-state index >= 15 is 0 Å².